The van der Waals surface area contributed by atoms with Gasteiger partial charge in [0.1, 0.15) is 11.6 Å². The molecule has 1 saturated heterocycles. The number of carbonyl (C=O) groups excluding carboxylic acids is 1. The summed E-state index contributed by atoms with van der Waals surface area (Å²) in [4.78, 5) is 37.1. The molecule has 4 aromatic carbocycles. The van der Waals surface area contributed by atoms with Crippen LogP contribution in [0.5, 0.6) is 5.75 Å². The maximum Gasteiger partial charge on any atom is 0.266 e. The highest BCUT2D eigenvalue weighted by atomic mass is 16.5. The molecule has 1 aliphatic rings. The van der Waals surface area contributed by atoms with Crippen LogP contribution in [0, 0.1) is 0 Å². The van der Waals surface area contributed by atoms with Gasteiger partial charge >= 0.3 is 0 Å². The molecule has 218 valence electrons. The van der Waals surface area contributed by atoms with Gasteiger partial charge < -0.3 is 9.64 Å². The highest BCUT2D eigenvalue weighted by Crippen LogP contribution is 2.29. The van der Waals surface area contributed by atoms with Crippen molar-refractivity contribution >= 4 is 16.8 Å². The lowest BCUT2D eigenvalue weighted by Gasteiger charge is -2.39. The molecule has 0 N–H and O–H groups in total. The van der Waals surface area contributed by atoms with Gasteiger partial charge in [-0.3, -0.25) is 19.1 Å². The van der Waals surface area contributed by atoms with Gasteiger partial charge in [0, 0.05) is 26.2 Å². The van der Waals surface area contributed by atoms with Gasteiger partial charge in [-0.2, -0.15) is 0 Å². The van der Waals surface area contributed by atoms with Crippen molar-refractivity contribution in [3.8, 4) is 11.4 Å². The molecule has 6 rings (SSSR count). The Morgan fingerprint density at radius 2 is 1.37 bits per heavy atom. The van der Waals surface area contributed by atoms with Crippen molar-refractivity contribution in [1.82, 2.24) is 19.4 Å². The van der Waals surface area contributed by atoms with Crippen LogP contribution in [0.1, 0.15) is 42.8 Å². The van der Waals surface area contributed by atoms with Gasteiger partial charge in [0.2, 0.25) is 5.91 Å². The number of fused-ring (bicyclic) bond motifs is 1. The third-order valence-electron chi connectivity index (χ3n) is 8.27. The van der Waals surface area contributed by atoms with Gasteiger partial charge in [-0.1, -0.05) is 72.8 Å². The molecule has 7 heteroatoms. The molecule has 1 fully saturated rings. The van der Waals surface area contributed by atoms with Crippen molar-refractivity contribution in [3.63, 3.8) is 0 Å². The van der Waals surface area contributed by atoms with Gasteiger partial charge in [0.05, 0.1) is 35.2 Å². The number of carbonyl (C=O) groups is 1. The number of nitrogens with zero attached hydrogens (tertiary/aromatic N) is 4. The van der Waals surface area contributed by atoms with Crippen molar-refractivity contribution in [2.24, 2.45) is 0 Å². The number of hydrogen-bond donors (Lipinski definition) is 0. The Morgan fingerprint density at radius 1 is 0.791 bits per heavy atom. The van der Waals surface area contributed by atoms with Gasteiger partial charge in [0.25, 0.3) is 5.56 Å². The van der Waals surface area contributed by atoms with Crippen molar-refractivity contribution in [2.45, 2.75) is 25.8 Å². The number of rotatable bonds is 8. The normalized spacial score (nSPS) is 14.6. The van der Waals surface area contributed by atoms with Gasteiger partial charge in [-0.25, -0.2) is 4.98 Å². The van der Waals surface area contributed by atoms with Crippen LogP contribution in [0.15, 0.2) is 114 Å². The first-order valence-corrected chi connectivity index (χ1v) is 14.9. The summed E-state index contributed by atoms with van der Waals surface area (Å²) in [7, 11) is 0. The number of amides is 1. The summed E-state index contributed by atoms with van der Waals surface area (Å²) in [5.41, 5.74) is 3.32. The maximum absolute atomic E-state index is 14.0. The Balaban J connectivity index is 1.27. The van der Waals surface area contributed by atoms with Crippen LogP contribution in [0.2, 0.25) is 0 Å². The summed E-state index contributed by atoms with van der Waals surface area (Å²) in [5.74, 6) is 1.20. The van der Waals surface area contributed by atoms with E-state index in [0.29, 0.717) is 49.5 Å². The zero-order valence-electron chi connectivity index (χ0n) is 24.6. The average molecular weight is 573 g/mol. The summed E-state index contributed by atoms with van der Waals surface area (Å²) < 4.78 is 7.35. The molecule has 0 aliphatic carbocycles. The fraction of sp³-hybridized carbons (Fsp3) is 0.250. The van der Waals surface area contributed by atoms with E-state index >= 15 is 0 Å². The minimum atomic E-state index is -0.349. The Labute approximate surface area is 252 Å². The third kappa shape index (κ3) is 5.81. The molecular formula is C36H36N4O3. The van der Waals surface area contributed by atoms with Crippen LogP contribution >= 0.6 is 0 Å². The number of piperazine rings is 1. The van der Waals surface area contributed by atoms with E-state index in [-0.39, 0.29) is 23.4 Å². The number of hydrogen-bond acceptors (Lipinski definition) is 5. The van der Waals surface area contributed by atoms with Crippen molar-refractivity contribution < 1.29 is 9.53 Å². The first-order valence-electron chi connectivity index (χ1n) is 14.9. The number of benzene rings is 4. The van der Waals surface area contributed by atoms with Crippen molar-refractivity contribution in [3.05, 3.63) is 136 Å². The Bertz CT molecular complexity index is 1710. The lowest BCUT2D eigenvalue weighted by Crippen LogP contribution is -2.51. The summed E-state index contributed by atoms with van der Waals surface area (Å²) in [6.07, 6.45) is 0. The number of aromatic nitrogens is 2. The van der Waals surface area contributed by atoms with Gasteiger partial charge in [0.15, 0.2) is 0 Å². The molecule has 1 aliphatic heterocycles. The minimum absolute atomic E-state index is 0.0982. The van der Waals surface area contributed by atoms with Crippen LogP contribution in [-0.4, -0.2) is 58.0 Å². The van der Waals surface area contributed by atoms with E-state index in [2.05, 4.69) is 11.8 Å². The zero-order chi connectivity index (χ0) is 29.8. The van der Waals surface area contributed by atoms with Crippen LogP contribution < -0.4 is 10.3 Å². The lowest BCUT2D eigenvalue weighted by molar-refractivity contribution is -0.134. The van der Waals surface area contributed by atoms with Gasteiger partial charge in [-0.05, 0) is 61.4 Å². The van der Waals surface area contributed by atoms with Crippen LogP contribution in [0.3, 0.4) is 0 Å². The monoisotopic (exact) mass is 572 g/mol. The van der Waals surface area contributed by atoms with E-state index in [1.807, 2.05) is 121 Å². The van der Waals surface area contributed by atoms with E-state index < -0.39 is 0 Å². The molecule has 43 heavy (non-hydrogen) atoms. The number of para-hydroxylation sites is 1. The maximum atomic E-state index is 14.0. The van der Waals surface area contributed by atoms with Crippen molar-refractivity contribution in [2.75, 3.05) is 32.8 Å². The second-order valence-corrected chi connectivity index (χ2v) is 10.8. The lowest BCUT2D eigenvalue weighted by atomic mass is 9.90. The second-order valence-electron chi connectivity index (χ2n) is 10.8. The molecule has 0 spiro atoms. The molecule has 0 bridgehead atoms. The van der Waals surface area contributed by atoms with Crippen LogP contribution in [-0.2, 0) is 4.79 Å². The quantitative estimate of drug-likeness (QED) is 0.234. The van der Waals surface area contributed by atoms with Gasteiger partial charge in [-0.15, -0.1) is 0 Å². The van der Waals surface area contributed by atoms with Crippen LogP contribution in [0.4, 0.5) is 0 Å². The molecule has 1 aromatic heterocycles. The van der Waals surface area contributed by atoms with E-state index in [1.54, 1.807) is 4.57 Å². The zero-order valence-corrected chi connectivity index (χ0v) is 24.6. The standard InChI is InChI=1S/C36H36N4O3/c1-3-43-30-20-18-29(19-21-30)40-34(37-32-17-11-10-16-31(32)35(40)41)26(2)38-22-24-39(25-23-38)36(42)33(27-12-6-4-7-13-27)28-14-8-5-9-15-28/h4-21,26,33H,3,22-25H2,1-2H3. The SMILES string of the molecule is CCOc1ccc(-n2c(C(C)N3CCN(C(=O)C(c4ccccc4)c4ccccc4)CC3)nc3ccccc3c2=O)cc1. The average Bonchev–Trinajstić information content (AvgIpc) is 3.06. The van der Waals surface area contributed by atoms with E-state index in [1.165, 1.54) is 0 Å². The Morgan fingerprint density at radius 3 is 1.98 bits per heavy atom. The molecule has 5 aromatic rings. The molecule has 0 saturated carbocycles. The molecule has 1 amide bonds. The first-order chi connectivity index (χ1) is 21.0. The Hall–Kier alpha value is -4.75. The fourth-order valence-electron chi connectivity index (χ4n) is 5.98. The van der Waals surface area contributed by atoms with E-state index in [4.69, 9.17) is 9.72 Å². The van der Waals surface area contributed by atoms with Crippen LogP contribution in [0.25, 0.3) is 16.6 Å². The molecular weight excluding hydrogens is 536 g/mol. The summed E-state index contributed by atoms with van der Waals surface area (Å²) in [6.45, 7) is 7.16. The highest BCUT2D eigenvalue weighted by Gasteiger charge is 2.32. The smallest absolute Gasteiger partial charge is 0.266 e. The minimum Gasteiger partial charge on any atom is -0.494 e. The second kappa shape index (κ2) is 12.6. The summed E-state index contributed by atoms with van der Waals surface area (Å²) >= 11 is 0. The predicted molar refractivity (Wildman–Crippen MR) is 170 cm³/mol. The molecule has 0 radical (unpaired) electrons. The molecule has 1 atom stereocenters. The highest BCUT2D eigenvalue weighted by molar-refractivity contribution is 5.87. The first kappa shape index (κ1) is 28.4. The Kier molecular flexibility index (Phi) is 8.34. The largest absolute Gasteiger partial charge is 0.494 e. The third-order valence-corrected chi connectivity index (χ3v) is 8.27. The van der Waals surface area contributed by atoms with Crippen molar-refractivity contribution in [1.29, 1.82) is 0 Å². The molecule has 7 nitrogen and oxygen atoms in total. The summed E-state index contributed by atoms with van der Waals surface area (Å²) in [5, 5.41) is 0.579. The molecule has 1 unspecified atom stereocenters. The molecule has 2 heterocycles. The van der Waals surface area contributed by atoms with E-state index in [9.17, 15) is 9.59 Å². The van der Waals surface area contributed by atoms with E-state index in [0.717, 1.165) is 22.6 Å². The predicted octanol–water partition coefficient (Wildman–Crippen LogP) is 5.82. The topological polar surface area (TPSA) is 67.7 Å². The summed E-state index contributed by atoms with van der Waals surface area (Å²) in [6, 6.07) is 34.9. The number of ether oxygens (including phenoxy) is 1. The fourth-order valence-corrected chi connectivity index (χ4v) is 5.98.